The molecule has 17 heavy (non-hydrogen) atoms. The molecule has 0 heterocycles. The van der Waals surface area contributed by atoms with E-state index in [-0.39, 0.29) is 0 Å². The van der Waals surface area contributed by atoms with Gasteiger partial charge in [-0.1, -0.05) is 81.4 Å². The quantitative estimate of drug-likeness (QED) is 0.744. The average Bonchev–Trinajstić information content (AvgIpc) is 2.30. The summed E-state index contributed by atoms with van der Waals surface area (Å²) in [4.78, 5) is 0. The maximum absolute atomic E-state index is 3.49. The molecule has 0 N–H and O–H groups in total. The maximum Gasteiger partial charge on any atom is 0.112 e. The van der Waals surface area contributed by atoms with E-state index in [0.717, 1.165) is 4.47 Å². The minimum Gasteiger partial charge on any atom is -0.0623 e. The molecule has 0 bridgehead atoms. The number of hydrogen-bond acceptors (Lipinski definition) is 0. The zero-order valence-electron chi connectivity index (χ0n) is 10.5. The van der Waals surface area contributed by atoms with Crippen LogP contribution in [0.15, 0.2) is 53.0 Å². The lowest BCUT2D eigenvalue weighted by Crippen LogP contribution is -2.52. The first kappa shape index (κ1) is 12.6. The van der Waals surface area contributed by atoms with Crippen molar-refractivity contribution in [3.63, 3.8) is 0 Å². The summed E-state index contributed by atoms with van der Waals surface area (Å²) in [5.41, 5.74) is 1.33. The summed E-state index contributed by atoms with van der Waals surface area (Å²) in [6, 6.07) is 17.8. The second-order valence-corrected chi connectivity index (χ2v) is 10.3. The van der Waals surface area contributed by atoms with Crippen molar-refractivity contribution in [2.75, 3.05) is 0 Å². The summed E-state index contributed by atoms with van der Waals surface area (Å²) in [7, 11) is -1.52. The Balaban J connectivity index is 2.41. The molecular formula is C15H17BrSi. The molecule has 0 aliphatic carbocycles. The third-order valence-electron chi connectivity index (χ3n) is 3.34. The smallest absolute Gasteiger partial charge is 0.0623 e. The fraction of sp³-hybridized carbons (Fsp3) is 0.200. The van der Waals surface area contributed by atoms with Crippen molar-refractivity contribution in [1.29, 1.82) is 0 Å². The van der Waals surface area contributed by atoms with Crippen molar-refractivity contribution in [3.05, 3.63) is 58.6 Å². The monoisotopic (exact) mass is 304 g/mol. The van der Waals surface area contributed by atoms with Crippen LogP contribution in [-0.2, 0) is 0 Å². The average molecular weight is 305 g/mol. The van der Waals surface area contributed by atoms with Crippen LogP contribution in [0.1, 0.15) is 5.56 Å². The van der Waals surface area contributed by atoms with E-state index >= 15 is 0 Å². The molecule has 88 valence electrons. The Hall–Kier alpha value is -0.863. The molecular weight excluding hydrogens is 288 g/mol. The highest BCUT2D eigenvalue weighted by Crippen LogP contribution is 2.10. The van der Waals surface area contributed by atoms with Crippen molar-refractivity contribution >= 4 is 34.4 Å². The zero-order valence-corrected chi connectivity index (χ0v) is 13.1. The van der Waals surface area contributed by atoms with Crippen molar-refractivity contribution < 1.29 is 0 Å². The summed E-state index contributed by atoms with van der Waals surface area (Å²) in [6.07, 6.45) is 0. The minimum absolute atomic E-state index is 1.15. The van der Waals surface area contributed by atoms with Gasteiger partial charge in [0.15, 0.2) is 0 Å². The van der Waals surface area contributed by atoms with Crippen LogP contribution in [0.25, 0.3) is 0 Å². The molecule has 0 unspecified atom stereocenters. The molecule has 0 saturated carbocycles. The highest BCUT2D eigenvalue weighted by atomic mass is 79.9. The van der Waals surface area contributed by atoms with Gasteiger partial charge in [-0.05, 0) is 19.1 Å². The van der Waals surface area contributed by atoms with Crippen LogP contribution in [0, 0.1) is 6.92 Å². The van der Waals surface area contributed by atoms with E-state index in [1.165, 1.54) is 15.9 Å². The summed E-state index contributed by atoms with van der Waals surface area (Å²) in [5.74, 6) is 0. The second kappa shape index (κ2) is 4.79. The van der Waals surface area contributed by atoms with Gasteiger partial charge in [0, 0.05) is 4.47 Å². The van der Waals surface area contributed by atoms with Crippen molar-refractivity contribution in [2.24, 2.45) is 0 Å². The molecule has 2 aromatic carbocycles. The lowest BCUT2D eigenvalue weighted by atomic mass is 10.2. The molecule has 0 spiro atoms. The Morgan fingerprint density at radius 1 is 0.765 bits per heavy atom. The van der Waals surface area contributed by atoms with Gasteiger partial charge in [0.2, 0.25) is 0 Å². The molecule has 0 nitrogen and oxygen atoms in total. The first-order valence-electron chi connectivity index (χ1n) is 5.83. The number of rotatable bonds is 2. The molecule has 0 atom stereocenters. The van der Waals surface area contributed by atoms with E-state index in [4.69, 9.17) is 0 Å². The highest BCUT2D eigenvalue weighted by molar-refractivity contribution is 9.10. The minimum atomic E-state index is -1.52. The van der Waals surface area contributed by atoms with Gasteiger partial charge in [0.25, 0.3) is 0 Å². The molecule has 0 radical (unpaired) electrons. The number of benzene rings is 2. The van der Waals surface area contributed by atoms with Gasteiger partial charge < -0.3 is 0 Å². The fourth-order valence-corrected chi connectivity index (χ4v) is 4.60. The first-order valence-corrected chi connectivity index (χ1v) is 9.62. The van der Waals surface area contributed by atoms with E-state index in [9.17, 15) is 0 Å². The summed E-state index contributed by atoms with van der Waals surface area (Å²) >= 11 is 3.49. The largest absolute Gasteiger partial charge is 0.112 e. The van der Waals surface area contributed by atoms with Crippen molar-refractivity contribution in [1.82, 2.24) is 0 Å². The number of hydrogen-bond donors (Lipinski definition) is 0. The zero-order chi connectivity index (χ0) is 12.5. The standard InChI is InChI=1S/C15H17BrSi/c1-12-4-8-14(9-5-12)17(2,3)15-10-6-13(16)7-11-15/h4-11H,1-3H3. The number of halogens is 1. The summed E-state index contributed by atoms with van der Waals surface area (Å²) < 4.78 is 1.15. The van der Waals surface area contributed by atoms with Gasteiger partial charge in [-0.3, -0.25) is 0 Å². The predicted octanol–water partition coefficient (Wildman–Crippen LogP) is 3.58. The van der Waals surface area contributed by atoms with E-state index in [0.29, 0.717) is 0 Å². The van der Waals surface area contributed by atoms with Crippen LogP contribution in [0.2, 0.25) is 13.1 Å². The Bertz CT molecular complexity index is 450. The van der Waals surface area contributed by atoms with E-state index in [2.05, 4.69) is 84.5 Å². The molecule has 0 fully saturated rings. The van der Waals surface area contributed by atoms with Gasteiger partial charge in [-0.25, -0.2) is 0 Å². The van der Waals surface area contributed by atoms with Crippen LogP contribution in [0.5, 0.6) is 0 Å². The molecule has 0 saturated heterocycles. The summed E-state index contributed by atoms with van der Waals surface area (Å²) in [6.45, 7) is 6.94. The third kappa shape index (κ3) is 2.69. The lowest BCUT2D eigenvalue weighted by molar-refractivity contribution is 1.48. The fourth-order valence-electron chi connectivity index (χ4n) is 2.00. The Kier molecular flexibility index (Phi) is 3.55. The van der Waals surface area contributed by atoms with Gasteiger partial charge in [-0.15, -0.1) is 0 Å². The van der Waals surface area contributed by atoms with Gasteiger partial charge in [0.05, 0.1) is 0 Å². The maximum atomic E-state index is 3.49. The van der Waals surface area contributed by atoms with Gasteiger partial charge in [0.1, 0.15) is 8.07 Å². The van der Waals surface area contributed by atoms with E-state index in [1.807, 2.05) is 0 Å². The molecule has 0 aliphatic heterocycles. The van der Waals surface area contributed by atoms with E-state index < -0.39 is 8.07 Å². The van der Waals surface area contributed by atoms with Crippen LogP contribution >= 0.6 is 15.9 Å². The molecule has 0 aliphatic rings. The van der Waals surface area contributed by atoms with Gasteiger partial charge >= 0.3 is 0 Å². The Morgan fingerprint density at radius 3 is 1.65 bits per heavy atom. The van der Waals surface area contributed by atoms with Crippen molar-refractivity contribution in [3.8, 4) is 0 Å². The second-order valence-electron chi connectivity index (χ2n) is 5.00. The molecule has 2 aromatic rings. The van der Waals surface area contributed by atoms with Crippen LogP contribution in [0.3, 0.4) is 0 Å². The Labute approximate surface area is 113 Å². The first-order chi connectivity index (χ1) is 8.00. The molecule has 0 amide bonds. The predicted molar refractivity (Wildman–Crippen MR) is 82.1 cm³/mol. The molecule has 2 heteroatoms. The normalized spacial score (nSPS) is 11.5. The molecule has 0 aromatic heterocycles. The Morgan fingerprint density at radius 2 is 1.18 bits per heavy atom. The van der Waals surface area contributed by atoms with Crippen LogP contribution < -0.4 is 10.4 Å². The third-order valence-corrected chi connectivity index (χ3v) is 7.42. The van der Waals surface area contributed by atoms with Gasteiger partial charge in [-0.2, -0.15) is 0 Å². The lowest BCUT2D eigenvalue weighted by Gasteiger charge is -2.23. The highest BCUT2D eigenvalue weighted by Gasteiger charge is 2.25. The number of aryl methyl sites for hydroxylation is 1. The SMILES string of the molecule is Cc1ccc([Si](C)(C)c2ccc(Br)cc2)cc1. The van der Waals surface area contributed by atoms with Crippen molar-refractivity contribution in [2.45, 2.75) is 20.0 Å². The summed E-state index contributed by atoms with van der Waals surface area (Å²) in [5, 5.41) is 2.97. The van der Waals surface area contributed by atoms with E-state index in [1.54, 1.807) is 0 Å². The molecule has 2 rings (SSSR count). The van der Waals surface area contributed by atoms with Crippen LogP contribution in [-0.4, -0.2) is 8.07 Å². The topological polar surface area (TPSA) is 0 Å². The van der Waals surface area contributed by atoms with Crippen LogP contribution in [0.4, 0.5) is 0 Å².